The van der Waals surface area contributed by atoms with Gasteiger partial charge in [-0.2, -0.15) is 13.2 Å². The Hall–Kier alpha value is -1.21. The molecule has 2 N–H and O–H groups in total. The minimum atomic E-state index is -4.73. The summed E-state index contributed by atoms with van der Waals surface area (Å²) in [6.45, 7) is -0.807. The summed E-state index contributed by atoms with van der Waals surface area (Å²) in [7, 11) is 1.23. The molecule has 0 heterocycles. The second-order valence-corrected chi connectivity index (χ2v) is 3.80. The first-order valence-electron chi connectivity index (χ1n) is 5.10. The molecule has 0 aliphatic carbocycles. The van der Waals surface area contributed by atoms with Gasteiger partial charge in [0.05, 0.1) is 12.5 Å². The predicted molar refractivity (Wildman–Crippen MR) is 55.1 cm³/mol. The maximum atomic E-state index is 13.0. The summed E-state index contributed by atoms with van der Waals surface area (Å²) in [6.07, 6.45) is -4.73. The van der Waals surface area contributed by atoms with Gasteiger partial charge >= 0.3 is 6.18 Å². The molecule has 0 spiro atoms. The Morgan fingerprint density at radius 1 is 1.17 bits per heavy atom. The van der Waals surface area contributed by atoms with Crippen molar-refractivity contribution in [1.82, 2.24) is 5.32 Å². The molecule has 18 heavy (non-hydrogen) atoms. The lowest BCUT2D eigenvalue weighted by Gasteiger charge is -2.27. The van der Waals surface area contributed by atoms with E-state index in [4.69, 9.17) is 5.11 Å². The molecule has 102 valence electrons. The molecule has 0 unspecified atom stereocenters. The van der Waals surface area contributed by atoms with Gasteiger partial charge in [0, 0.05) is 12.1 Å². The van der Waals surface area contributed by atoms with Crippen LogP contribution in [0.5, 0.6) is 0 Å². The summed E-state index contributed by atoms with van der Waals surface area (Å²) in [5, 5.41) is 11.2. The summed E-state index contributed by atoms with van der Waals surface area (Å²) in [5.74, 6) is -4.36. The van der Waals surface area contributed by atoms with Crippen LogP contribution in [0.2, 0.25) is 0 Å². The van der Waals surface area contributed by atoms with Crippen molar-refractivity contribution in [2.45, 2.75) is 18.1 Å². The van der Waals surface area contributed by atoms with Gasteiger partial charge in [0.15, 0.2) is 0 Å². The van der Waals surface area contributed by atoms with Crippen molar-refractivity contribution in [2.75, 3.05) is 13.7 Å². The highest BCUT2D eigenvalue weighted by molar-refractivity contribution is 5.25. The minimum absolute atomic E-state index is 0.490. The number of likely N-dealkylation sites (N-methyl/N-ethyl adjacent to an activating group) is 1. The van der Waals surface area contributed by atoms with E-state index in [0.717, 1.165) is 0 Å². The third-order valence-corrected chi connectivity index (χ3v) is 2.57. The summed E-state index contributed by atoms with van der Waals surface area (Å²) in [5.41, 5.74) is -0.562. The van der Waals surface area contributed by atoms with Crippen molar-refractivity contribution >= 4 is 0 Å². The molecule has 0 saturated heterocycles. The van der Waals surface area contributed by atoms with Gasteiger partial charge in [-0.05, 0) is 24.7 Å². The third kappa shape index (κ3) is 3.39. The lowest BCUT2D eigenvalue weighted by Crippen LogP contribution is -2.42. The number of aliphatic hydroxyl groups is 1. The number of aliphatic hydroxyl groups excluding tert-OH is 1. The van der Waals surface area contributed by atoms with Crippen LogP contribution in [0.4, 0.5) is 22.0 Å². The van der Waals surface area contributed by atoms with Crippen LogP contribution in [0.15, 0.2) is 18.2 Å². The van der Waals surface area contributed by atoms with Gasteiger partial charge in [0.2, 0.25) is 0 Å². The third-order valence-electron chi connectivity index (χ3n) is 2.57. The van der Waals surface area contributed by atoms with Crippen molar-refractivity contribution in [3.63, 3.8) is 0 Å². The lowest BCUT2D eigenvalue weighted by molar-refractivity contribution is -0.159. The molecule has 0 aliphatic heterocycles. The number of alkyl halides is 3. The van der Waals surface area contributed by atoms with E-state index in [9.17, 15) is 22.0 Å². The zero-order valence-corrected chi connectivity index (χ0v) is 9.43. The fourth-order valence-electron chi connectivity index (χ4n) is 1.77. The Kier molecular flexibility index (Phi) is 4.64. The van der Waals surface area contributed by atoms with Crippen molar-refractivity contribution < 1.29 is 27.1 Å². The molecule has 2 atom stereocenters. The number of benzene rings is 1. The predicted octanol–water partition coefficient (Wildman–Crippen LogP) is 2.19. The van der Waals surface area contributed by atoms with Gasteiger partial charge < -0.3 is 10.4 Å². The van der Waals surface area contributed by atoms with Crippen LogP contribution in [0.1, 0.15) is 11.5 Å². The van der Waals surface area contributed by atoms with E-state index in [1.165, 1.54) is 7.05 Å². The van der Waals surface area contributed by atoms with E-state index in [1.54, 1.807) is 0 Å². The lowest BCUT2D eigenvalue weighted by atomic mass is 9.91. The molecular weight excluding hydrogens is 257 g/mol. The highest BCUT2D eigenvalue weighted by Crippen LogP contribution is 2.37. The number of hydrogen-bond donors (Lipinski definition) is 2. The van der Waals surface area contributed by atoms with Gasteiger partial charge in [-0.1, -0.05) is 0 Å². The number of rotatable bonds is 4. The SMILES string of the molecule is CN[C@H](CO)[C@@H](c1cc(F)cc(F)c1)C(F)(F)F. The molecule has 1 aromatic carbocycles. The number of nitrogens with one attached hydrogen (secondary N) is 1. The monoisotopic (exact) mass is 269 g/mol. The topological polar surface area (TPSA) is 32.3 Å². The Balaban J connectivity index is 3.25. The van der Waals surface area contributed by atoms with Crippen LogP contribution in [0.3, 0.4) is 0 Å². The Labute approximate surface area is 100 Å². The van der Waals surface area contributed by atoms with Crippen LogP contribution >= 0.6 is 0 Å². The standard InChI is InChI=1S/C11H12F5NO/c1-17-9(5-18)10(11(14,15)16)6-2-7(12)4-8(13)3-6/h2-4,9-10,17-18H,5H2,1H3/t9-,10-/m1/s1. The minimum Gasteiger partial charge on any atom is -0.395 e. The maximum absolute atomic E-state index is 13.0. The van der Waals surface area contributed by atoms with E-state index in [0.29, 0.717) is 18.2 Å². The van der Waals surface area contributed by atoms with Crippen LogP contribution in [-0.2, 0) is 0 Å². The summed E-state index contributed by atoms with van der Waals surface area (Å²) < 4.78 is 64.6. The first-order valence-corrected chi connectivity index (χ1v) is 5.10. The molecule has 0 amide bonds. The summed E-state index contributed by atoms with van der Waals surface area (Å²) in [4.78, 5) is 0. The molecule has 2 nitrogen and oxygen atoms in total. The van der Waals surface area contributed by atoms with Gasteiger partial charge in [0.25, 0.3) is 0 Å². The van der Waals surface area contributed by atoms with E-state index < -0.39 is 41.9 Å². The van der Waals surface area contributed by atoms with Crippen molar-refractivity contribution in [3.8, 4) is 0 Å². The second-order valence-electron chi connectivity index (χ2n) is 3.80. The van der Waals surface area contributed by atoms with Gasteiger partial charge in [-0.25, -0.2) is 8.78 Å². The van der Waals surface area contributed by atoms with Gasteiger partial charge in [-0.15, -0.1) is 0 Å². The molecule has 0 aliphatic rings. The average Bonchev–Trinajstić information content (AvgIpc) is 2.22. The smallest absolute Gasteiger partial charge is 0.395 e. The van der Waals surface area contributed by atoms with Crippen LogP contribution in [0, 0.1) is 11.6 Å². The second kappa shape index (κ2) is 5.62. The fraction of sp³-hybridized carbons (Fsp3) is 0.455. The first kappa shape index (κ1) is 14.8. The van der Waals surface area contributed by atoms with E-state index in [1.807, 2.05) is 0 Å². The molecule has 0 saturated carbocycles. The molecule has 0 radical (unpaired) electrons. The number of hydrogen-bond acceptors (Lipinski definition) is 2. The number of halogens is 5. The molecule has 7 heteroatoms. The zero-order valence-electron chi connectivity index (χ0n) is 9.43. The quantitative estimate of drug-likeness (QED) is 0.821. The highest BCUT2D eigenvalue weighted by atomic mass is 19.4. The molecule has 0 aromatic heterocycles. The van der Waals surface area contributed by atoms with E-state index >= 15 is 0 Å². The molecule has 0 bridgehead atoms. The Bertz CT molecular complexity index is 383. The van der Waals surface area contributed by atoms with Crippen LogP contribution in [0.25, 0.3) is 0 Å². The van der Waals surface area contributed by atoms with E-state index in [-0.39, 0.29) is 0 Å². The maximum Gasteiger partial charge on any atom is 0.397 e. The van der Waals surface area contributed by atoms with E-state index in [2.05, 4.69) is 5.32 Å². The molecule has 0 fully saturated rings. The molecule has 1 rings (SSSR count). The summed E-state index contributed by atoms with van der Waals surface area (Å²) in [6, 6.07) is 0.346. The largest absolute Gasteiger partial charge is 0.397 e. The normalized spacial score (nSPS) is 15.5. The van der Waals surface area contributed by atoms with Gasteiger partial charge in [0.1, 0.15) is 11.6 Å². The Morgan fingerprint density at radius 2 is 1.67 bits per heavy atom. The van der Waals surface area contributed by atoms with Crippen LogP contribution < -0.4 is 5.32 Å². The Morgan fingerprint density at radius 3 is 2.00 bits per heavy atom. The highest BCUT2D eigenvalue weighted by Gasteiger charge is 2.45. The first-order chi connectivity index (χ1) is 8.29. The van der Waals surface area contributed by atoms with Crippen LogP contribution in [-0.4, -0.2) is 31.0 Å². The molecule has 1 aromatic rings. The zero-order chi connectivity index (χ0) is 13.9. The summed E-state index contributed by atoms with van der Waals surface area (Å²) >= 11 is 0. The fourth-order valence-corrected chi connectivity index (χ4v) is 1.77. The van der Waals surface area contributed by atoms with Crippen molar-refractivity contribution in [2.24, 2.45) is 0 Å². The van der Waals surface area contributed by atoms with Gasteiger partial charge in [-0.3, -0.25) is 0 Å². The van der Waals surface area contributed by atoms with Crippen molar-refractivity contribution in [3.05, 3.63) is 35.4 Å². The molecular formula is C11H12F5NO. The van der Waals surface area contributed by atoms with Crippen molar-refractivity contribution in [1.29, 1.82) is 0 Å². The average molecular weight is 269 g/mol.